The highest BCUT2D eigenvalue weighted by Gasteiger charge is 2.04. The Hall–Kier alpha value is -1.51. The van der Waals surface area contributed by atoms with Crippen molar-refractivity contribution in [2.75, 3.05) is 7.04 Å². The first-order chi connectivity index (χ1) is 6.79. The molecule has 0 amide bonds. The highest BCUT2D eigenvalue weighted by atomic mass is 16.5. The Morgan fingerprint density at radius 2 is 2.42 bits per heavy atom. The van der Waals surface area contributed by atoms with E-state index < -0.39 is 7.04 Å². The quantitative estimate of drug-likeness (QED) is 0.684. The molecule has 12 heavy (non-hydrogen) atoms. The van der Waals surface area contributed by atoms with Crippen LogP contribution in [-0.4, -0.2) is 17.9 Å². The molecule has 0 bridgehead atoms. The Kier molecular flexibility index (Phi) is 1.41. The second kappa shape index (κ2) is 3.26. The maximum atomic E-state index is 11.0. The normalized spacial score (nSPS) is 14.2. The average molecular weight is 169 g/mol. The van der Waals surface area contributed by atoms with Crippen LogP contribution in [0.15, 0.2) is 18.2 Å². The number of rotatable bonds is 2. The highest BCUT2D eigenvalue weighted by molar-refractivity contribution is 5.94. The molecular formula is C9H10O3. The fraction of sp³-hybridized carbons (Fsp3) is 0.222. The van der Waals surface area contributed by atoms with Crippen LogP contribution in [0.2, 0.25) is 0 Å². The van der Waals surface area contributed by atoms with Gasteiger partial charge in [-0.1, -0.05) is 0 Å². The lowest BCUT2D eigenvalue weighted by atomic mass is 10.1. The van der Waals surface area contributed by atoms with Gasteiger partial charge in [-0.05, 0) is 25.1 Å². The minimum atomic E-state index is -2.65. The van der Waals surface area contributed by atoms with Crippen LogP contribution in [0.4, 0.5) is 0 Å². The maximum absolute atomic E-state index is 11.0. The third-order valence-electron chi connectivity index (χ3n) is 1.48. The van der Waals surface area contributed by atoms with E-state index in [2.05, 4.69) is 4.74 Å². The van der Waals surface area contributed by atoms with E-state index in [1.807, 2.05) is 0 Å². The number of carbonyl (C=O) groups excluding carboxylic acids is 1. The number of ketones is 1. The fourth-order valence-electron chi connectivity index (χ4n) is 0.815. The van der Waals surface area contributed by atoms with Crippen molar-refractivity contribution in [3.63, 3.8) is 0 Å². The highest BCUT2D eigenvalue weighted by Crippen LogP contribution is 2.26. The van der Waals surface area contributed by atoms with Gasteiger partial charge in [-0.3, -0.25) is 4.79 Å². The number of methoxy groups -OCH3 is 1. The van der Waals surface area contributed by atoms with Gasteiger partial charge in [-0.15, -0.1) is 0 Å². The SMILES string of the molecule is [2H]C([2H])([2H])Oc1cc(C(C)=O)ccc1O. The summed E-state index contributed by atoms with van der Waals surface area (Å²) in [6.45, 7) is 1.34. The number of Topliss-reactive ketones (excluding diaryl/α,β-unsaturated/α-hetero) is 1. The zero-order valence-electron chi connectivity index (χ0n) is 9.50. The van der Waals surface area contributed by atoms with Gasteiger partial charge in [-0.2, -0.15) is 0 Å². The number of phenolic OH excluding ortho intramolecular Hbond substituents is 1. The molecule has 0 aliphatic carbocycles. The molecule has 1 N–H and O–H groups in total. The molecule has 1 rings (SSSR count). The molecule has 0 saturated carbocycles. The van der Waals surface area contributed by atoms with Gasteiger partial charge in [0.25, 0.3) is 0 Å². The molecule has 0 spiro atoms. The van der Waals surface area contributed by atoms with Gasteiger partial charge in [0, 0.05) is 5.56 Å². The summed E-state index contributed by atoms with van der Waals surface area (Å²) in [6, 6.07) is 3.81. The molecule has 0 saturated heterocycles. The monoisotopic (exact) mass is 169 g/mol. The van der Waals surface area contributed by atoms with E-state index >= 15 is 0 Å². The molecule has 0 aliphatic rings. The molecule has 1 aromatic rings. The molecule has 0 aliphatic heterocycles. The lowest BCUT2D eigenvalue weighted by molar-refractivity contribution is 0.101. The van der Waals surface area contributed by atoms with E-state index in [9.17, 15) is 9.90 Å². The Labute approximate surface area is 74.8 Å². The zero-order chi connectivity index (χ0) is 11.6. The number of benzene rings is 1. The van der Waals surface area contributed by atoms with E-state index in [4.69, 9.17) is 4.11 Å². The second-order valence-electron chi connectivity index (χ2n) is 2.34. The first kappa shape index (κ1) is 5.19. The van der Waals surface area contributed by atoms with Crippen LogP contribution in [0.1, 0.15) is 21.4 Å². The van der Waals surface area contributed by atoms with Crippen LogP contribution in [-0.2, 0) is 0 Å². The van der Waals surface area contributed by atoms with Crippen LogP contribution >= 0.6 is 0 Å². The number of hydrogen-bond acceptors (Lipinski definition) is 3. The molecule has 1 aromatic carbocycles. The molecule has 3 nitrogen and oxygen atoms in total. The third-order valence-corrected chi connectivity index (χ3v) is 1.48. The van der Waals surface area contributed by atoms with Crippen molar-refractivity contribution in [2.24, 2.45) is 0 Å². The molecule has 0 aromatic heterocycles. The van der Waals surface area contributed by atoms with E-state index in [1.54, 1.807) is 0 Å². The van der Waals surface area contributed by atoms with Gasteiger partial charge >= 0.3 is 0 Å². The topological polar surface area (TPSA) is 46.5 Å². The van der Waals surface area contributed by atoms with Crippen LogP contribution in [0, 0.1) is 0 Å². The lowest BCUT2D eigenvalue weighted by Crippen LogP contribution is -1.92. The summed E-state index contributed by atoms with van der Waals surface area (Å²) in [7, 11) is -2.65. The smallest absolute Gasteiger partial charge is 0.161 e. The number of aromatic hydroxyl groups is 1. The molecule has 64 valence electrons. The summed E-state index contributed by atoms with van der Waals surface area (Å²) >= 11 is 0. The average Bonchev–Trinajstić information content (AvgIpc) is 2.06. The van der Waals surface area contributed by atoms with E-state index in [-0.39, 0.29) is 22.8 Å². The van der Waals surface area contributed by atoms with Gasteiger partial charge in [-0.25, -0.2) is 0 Å². The van der Waals surface area contributed by atoms with Gasteiger partial charge < -0.3 is 9.84 Å². The van der Waals surface area contributed by atoms with Gasteiger partial charge in [0.05, 0.1) is 11.2 Å². The van der Waals surface area contributed by atoms with Crippen molar-refractivity contribution in [1.82, 2.24) is 0 Å². The molecule has 0 fully saturated rings. The minimum absolute atomic E-state index is 0.220. The molecule has 0 heterocycles. The number of ether oxygens (including phenoxy) is 1. The standard InChI is InChI=1S/C9H10O3/c1-6(10)7-3-4-8(11)9(5-7)12-2/h3-5,11H,1-2H3/i2D3. The predicted octanol–water partition coefficient (Wildman–Crippen LogP) is 1.60. The Balaban J connectivity index is 3.06. The van der Waals surface area contributed by atoms with Crippen LogP contribution in [0.3, 0.4) is 0 Å². The molecular weight excluding hydrogens is 156 g/mol. The van der Waals surface area contributed by atoms with Crippen LogP contribution in [0.5, 0.6) is 11.5 Å². The second-order valence-corrected chi connectivity index (χ2v) is 2.34. The van der Waals surface area contributed by atoms with Gasteiger partial charge in [0.2, 0.25) is 0 Å². The summed E-state index contributed by atoms with van der Waals surface area (Å²) in [4.78, 5) is 11.0. The van der Waals surface area contributed by atoms with Crippen molar-refractivity contribution in [2.45, 2.75) is 6.92 Å². The van der Waals surface area contributed by atoms with Crippen molar-refractivity contribution in [3.8, 4) is 11.5 Å². The first-order valence-corrected chi connectivity index (χ1v) is 3.32. The fourth-order valence-corrected chi connectivity index (χ4v) is 0.815. The Bertz CT molecular complexity index is 385. The van der Waals surface area contributed by atoms with Crippen LogP contribution in [0.25, 0.3) is 0 Å². The summed E-state index contributed by atoms with van der Waals surface area (Å²) in [6.07, 6.45) is 0. The van der Waals surface area contributed by atoms with Gasteiger partial charge in [0.1, 0.15) is 0 Å². The van der Waals surface area contributed by atoms with Crippen molar-refractivity contribution in [3.05, 3.63) is 23.8 Å². The Morgan fingerprint density at radius 3 is 3.00 bits per heavy atom. The Morgan fingerprint density at radius 1 is 1.67 bits per heavy atom. The molecule has 0 atom stereocenters. The van der Waals surface area contributed by atoms with E-state index in [0.29, 0.717) is 0 Å². The van der Waals surface area contributed by atoms with Gasteiger partial charge in [0.15, 0.2) is 17.3 Å². The first-order valence-electron chi connectivity index (χ1n) is 4.82. The van der Waals surface area contributed by atoms with Crippen molar-refractivity contribution < 1.29 is 18.8 Å². The minimum Gasteiger partial charge on any atom is -0.504 e. The van der Waals surface area contributed by atoms with Crippen LogP contribution < -0.4 is 4.74 Å². The third kappa shape index (κ3) is 1.56. The van der Waals surface area contributed by atoms with Crippen molar-refractivity contribution >= 4 is 5.78 Å². The zero-order valence-corrected chi connectivity index (χ0v) is 6.50. The summed E-state index contributed by atoms with van der Waals surface area (Å²) in [5.74, 6) is -0.760. The summed E-state index contributed by atoms with van der Waals surface area (Å²) in [5, 5.41) is 9.29. The predicted molar refractivity (Wildman–Crippen MR) is 44.7 cm³/mol. The molecule has 3 heteroatoms. The molecule has 0 unspecified atom stereocenters. The lowest BCUT2D eigenvalue weighted by Gasteiger charge is -2.03. The van der Waals surface area contributed by atoms with E-state index in [1.165, 1.54) is 25.1 Å². The van der Waals surface area contributed by atoms with Crippen molar-refractivity contribution in [1.29, 1.82) is 0 Å². The summed E-state index contributed by atoms with van der Waals surface area (Å²) < 4.78 is 25.1. The largest absolute Gasteiger partial charge is 0.504 e. The maximum Gasteiger partial charge on any atom is 0.161 e. The summed E-state index contributed by atoms with van der Waals surface area (Å²) in [5.41, 5.74) is 0.284. The number of hydrogen-bond donors (Lipinski definition) is 1. The van der Waals surface area contributed by atoms with E-state index in [0.717, 1.165) is 0 Å². The molecule has 0 radical (unpaired) electrons. The number of carbonyl (C=O) groups is 1. The number of phenols is 1.